The van der Waals surface area contributed by atoms with Gasteiger partial charge in [0.15, 0.2) is 6.04 Å². The van der Waals surface area contributed by atoms with Crippen LogP contribution in [0.4, 0.5) is 0 Å². The van der Waals surface area contributed by atoms with Crippen LogP contribution in [-0.4, -0.2) is 64.9 Å². The van der Waals surface area contributed by atoms with E-state index in [0.717, 1.165) is 57.8 Å². The highest BCUT2D eigenvalue weighted by Gasteiger charge is 2.28. The highest BCUT2D eigenvalue weighted by molar-refractivity contribution is 7.47. The molecular formula is C51H96NO10P. The molecular weight excluding hydrogens is 818 g/mol. The number of aliphatic carboxylic acids is 1. The molecule has 1 amide bonds. The Hall–Kier alpha value is -2.04. The Balaban J connectivity index is 3.79. The van der Waals surface area contributed by atoms with E-state index in [0.29, 0.717) is 12.8 Å². The van der Waals surface area contributed by atoms with Gasteiger partial charge in [-0.05, 0) is 44.9 Å². The third kappa shape index (κ3) is 46.3. The van der Waals surface area contributed by atoms with Gasteiger partial charge in [-0.2, -0.15) is 0 Å². The molecule has 0 aliphatic heterocycles. The molecule has 63 heavy (non-hydrogen) atoms. The fourth-order valence-corrected chi connectivity index (χ4v) is 8.24. The summed E-state index contributed by atoms with van der Waals surface area (Å²) >= 11 is 0. The number of phosphoric acid groups is 1. The van der Waals surface area contributed by atoms with Crippen molar-refractivity contribution in [2.75, 3.05) is 19.8 Å². The number of carbonyl (C=O) groups is 3. The number of carbonyl (C=O) groups excluding carboxylic acids is 2. The van der Waals surface area contributed by atoms with Crippen molar-refractivity contribution in [2.24, 2.45) is 0 Å². The monoisotopic (exact) mass is 914 g/mol. The number of nitrogens with one attached hydrogen (secondary N) is 1. The van der Waals surface area contributed by atoms with Crippen molar-refractivity contribution in [1.29, 1.82) is 0 Å². The van der Waals surface area contributed by atoms with Crippen molar-refractivity contribution >= 4 is 25.7 Å². The van der Waals surface area contributed by atoms with Crippen LogP contribution in [0.3, 0.4) is 0 Å². The van der Waals surface area contributed by atoms with Gasteiger partial charge in [-0.15, -0.1) is 0 Å². The van der Waals surface area contributed by atoms with Gasteiger partial charge < -0.3 is 25.2 Å². The van der Waals surface area contributed by atoms with Crippen molar-refractivity contribution in [2.45, 2.75) is 264 Å². The predicted molar refractivity (Wildman–Crippen MR) is 259 cm³/mol. The molecule has 12 heteroatoms. The predicted octanol–water partition coefficient (Wildman–Crippen LogP) is 14.2. The van der Waals surface area contributed by atoms with E-state index in [-0.39, 0.29) is 12.8 Å². The Morgan fingerprint density at radius 1 is 0.508 bits per heavy atom. The number of esters is 1. The number of phosphoric ester groups is 1. The summed E-state index contributed by atoms with van der Waals surface area (Å²) < 4.78 is 26.9. The van der Waals surface area contributed by atoms with Crippen LogP contribution in [0.1, 0.15) is 251 Å². The van der Waals surface area contributed by atoms with Crippen LogP contribution in [0, 0.1) is 0 Å². The summed E-state index contributed by atoms with van der Waals surface area (Å²) in [6.07, 6.45) is 50.6. The van der Waals surface area contributed by atoms with E-state index < -0.39 is 57.6 Å². The molecule has 370 valence electrons. The Morgan fingerprint density at radius 2 is 0.873 bits per heavy atom. The summed E-state index contributed by atoms with van der Waals surface area (Å²) in [5.41, 5.74) is 0. The second-order valence-electron chi connectivity index (χ2n) is 17.7. The van der Waals surface area contributed by atoms with Crippen LogP contribution in [0.15, 0.2) is 24.3 Å². The van der Waals surface area contributed by atoms with E-state index in [9.17, 15) is 34.1 Å². The number of amides is 1. The number of carboxylic acids is 1. The number of ether oxygens (including phenoxy) is 1. The number of allylic oxidation sites excluding steroid dienone is 4. The lowest BCUT2D eigenvalue weighted by molar-refractivity contribution is -0.147. The van der Waals surface area contributed by atoms with Gasteiger partial charge in [0.05, 0.1) is 13.2 Å². The quantitative estimate of drug-likeness (QED) is 0.0199. The van der Waals surface area contributed by atoms with E-state index in [4.69, 9.17) is 13.8 Å². The minimum atomic E-state index is -4.76. The van der Waals surface area contributed by atoms with Crippen LogP contribution < -0.4 is 5.32 Å². The number of carboxylic acid groups (broad SMARTS) is 1. The van der Waals surface area contributed by atoms with E-state index in [1.54, 1.807) is 0 Å². The molecule has 0 spiro atoms. The Bertz CT molecular complexity index is 1160. The molecule has 0 aliphatic carbocycles. The number of unbranched alkanes of at least 4 members (excludes halogenated alkanes) is 31. The number of hydrogen-bond acceptors (Lipinski definition) is 8. The average Bonchev–Trinajstić information content (AvgIpc) is 3.26. The second kappa shape index (κ2) is 46.5. The molecule has 11 nitrogen and oxygen atoms in total. The maximum atomic E-state index is 12.3. The van der Waals surface area contributed by atoms with Gasteiger partial charge in [0.2, 0.25) is 5.91 Å². The first kappa shape index (κ1) is 61.0. The van der Waals surface area contributed by atoms with Crippen LogP contribution in [-0.2, 0) is 32.7 Å². The largest absolute Gasteiger partial charge is 0.480 e. The third-order valence-electron chi connectivity index (χ3n) is 11.5. The summed E-state index contributed by atoms with van der Waals surface area (Å²) in [5.74, 6) is -2.37. The number of aliphatic hydroxyl groups excluding tert-OH is 1. The average molecular weight is 914 g/mol. The van der Waals surface area contributed by atoms with Gasteiger partial charge in [-0.1, -0.05) is 218 Å². The standard InChI is InChI=1S/C51H96NO10P/c1-3-5-7-9-11-13-15-17-19-21-22-23-24-25-27-29-31-33-35-37-39-41-43-50(55)60-44-47(53)45-61-63(58,59)62-46-48(51(56)57)52-49(54)42-40-38-36-34-32-30-28-26-20-18-16-14-12-10-8-6-4-2/h12,14,18,20,47-48,53H,3-11,13,15-17,19,21-46H2,1-2H3,(H,52,54)(H,56,57)(H,58,59)/b14-12-,20-18-. The van der Waals surface area contributed by atoms with Crippen molar-refractivity contribution in [1.82, 2.24) is 5.32 Å². The zero-order chi connectivity index (χ0) is 46.3. The Morgan fingerprint density at radius 3 is 1.32 bits per heavy atom. The Labute approximate surface area is 385 Å². The lowest BCUT2D eigenvalue weighted by atomic mass is 10.0. The fourth-order valence-electron chi connectivity index (χ4n) is 7.47. The van der Waals surface area contributed by atoms with Crippen molar-refractivity contribution < 1.29 is 47.8 Å². The fraction of sp³-hybridized carbons (Fsp3) is 0.863. The SMILES string of the molecule is CCCCC/C=C\C/C=C\CCCCCCCCCC(=O)NC(COP(=O)(O)OCC(O)COC(=O)CCCCCCCCCCCCCCCCCCCCCCCC)C(=O)O. The zero-order valence-corrected chi connectivity index (χ0v) is 41.3. The van der Waals surface area contributed by atoms with E-state index in [1.807, 2.05) is 0 Å². The summed E-state index contributed by atoms with van der Waals surface area (Å²) in [7, 11) is -4.76. The summed E-state index contributed by atoms with van der Waals surface area (Å²) in [6.45, 7) is 2.61. The first-order chi connectivity index (χ1) is 30.6. The molecule has 3 atom stereocenters. The minimum Gasteiger partial charge on any atom is -0.480 e. The van der Waals surface area contributed by atoms with E-state index in [1.165, 1.54) is 154 Å². The van der Waals surface area contributed by atoms with Crippen LogP contribution >= 0.6 is 7.82 Å². The number of aliphatic hydroxyl groups is 1. The highest BCUT2D eigenvalue weighted by Crippen LogP contribution is 2.43. The second-order valence-corrected chi connectivity index (χ2v) is 19.2. The van der Waals surface area contributed by atoms with Gasteiger partial charge in [-0.25, -0.2) is 9.36 Å². The minimum absolute atomic E-state index is 0.138. The lowest BCUT2D eigenvalue weighted by Crippen LogP contribution is -2.43. The van der Waals surface area contributed by atoms with Gasteiger partial charge in [-0.3, -0.25) is 18.6 Å². The van der Waals surface area contributed by atoms with Gasteiger partial charge in [0.25, 0.3) is 0 Å². The molecule has 3 unspecified atom stereocenters. The normalized spacial score (nSPS) is 13.7. The first-order valence-electron chi connectivity index (χ1n) is 25.9. The molecule has 0 radical (unpaired) electrons. The van der Waals surface area contributed by atoms with Crippen LogP contribution in [0.2, 0.25) is 0 Å². The van der Waals surface area contributed by atoms with E-state index >= 15 is 0 Å². The van der Waals surface area contributed by atoms with Crippen molar-refractivity contribution in [3.63, 3.8) is 0 Å². The van der Waals surface area contributed by atoms with Crippen LogP contribution in [0.5, 0.6) is 0 Å². The number of hydrogen-bond donors (Lipinski definition) is 4. The smallest absolute Gasteiger partial charge is 0.472 e. The van der Waals surface area contributed by atoms with Gasteiger partial charge in [0, 0.05) is 12.8 Å². The van der Waals surface area contributed by atoms with Gasteiger partial charge >= 0.3 is 19.8 Å². The molecule has 0 aromatic rings. The zero-order valence-electron chi connectivity index (χ0n) is 40.4. The van der Waals surface area contributed by atoms with Crippen molar-refractivity contribution in [3.05, 3.63) is 24.3 Å². The van der Waals surface area contributed by atoms with Crippen LogP contribution in [0.25, 0.3) is 0 Å². The van der Waals surface area contributed by atoms with E-state index in [2.05, 4.69) is 43.5 Å². The summed E-state index contributed by atoms with van der Waals surface area (Å²) in [6, 6.07) is -1.55. The molecule has 0 heterocycles. The molecule has 0 aromatic carbocycles. The number of rotatable bonds is 49. The third-order valence-corrected chi connectivity index (χ3v) is 12.4. The first-order valence-corrected chi connectivity index (χ1v) is 27.4. The van der Waals surface area contributed by atoms with Crippen molar-refractivity contribution in [3.8, 4) is 0 Å². The molecule has 0 bridgehead atoms. The molecule has 4 N–H and O–H groups in total. The lowest BCUT2D eigenvalue weighted by Gasteiger charge is -2.18. The molecule has 0 saturated carbocycles. The highest BCUT2D eigenvalue weighted by atomic mass is 31.2. The Kier molecular flexibility index (Phi) is 45.0. The molecule has 0 aliphatic rings. The summed E-state index contributed by atoms with van der Waals surface area (Å²) in [4.78, 5) is 46.1. The molecule has 0 fully saturated rings. The topological polar surface area (TPSA) is 169 Å². The summed E-state index contributed by atoms with van der Waals surface area (Å²) in [5, 5.41) is 21.9. The maximum absolute atomic E-state index is 12.3. The van der Waals surface area contributed by atoms with Gasteiger partial charge in [0.1, 0.15) is 12.7 Å². The maximum Gasteiger partial charge on any atom is 0.472 e. The molecule has 0 aromatic heterocycles. The molecule has 0 saturated heterocycles. The molecule has 0 rings (SSSR count).